The molecule has 4 nitrogen and oxygen atoms in total. The van der Waals surface area contributed by atoms with Gasteiger partial charge < -0.3 is 4.90 Å². The number of rotatable bonds is 4. The SMILES string of the molecule is CN([C@H]1CC2(CCN(C[C@H]3C[C@H]4CC[C@@H]3C4)CC2)c2ccccc21)S(C)(=O)=O. The van der Waals surface area contributed by atoms with Gasteiger partial charge in [-0.3, -0.25) is 0 Å². The fraction of sp³-hybridized carbons (Fsp3) is 0.739. The molecule has 0 unspecified atom stereocenters. The molecule has 5 rings (SSSR count). The third kappa shape index (κ3) is 3.14. The molecule has 154 valence electrons. The van der Waals surface area contributed by atoms with Crippen LogP contribution in [0.4, 0.5) is 0 Å². The van der Waals surface area contributed by atoms with Gasteiger partial charge in [0.1, 0.15) is 0 Å². The molecule has 0 amide bonds. The van der Waals surface area contributed by atoms with Crippen molar-refractivity contribution < 1.29 is 8.42 Å². The van der Waals surface area contributed by atoms with E-state index >= 15 is 0 Å². The average Bonchev–Trinajstić information content (AvgIpc) is 3.37. The van der Waals surface area contributed by atoms with Crippen LogP contribution in [0.5, 0.6) is 0 Å². The number of hydrogen-bond donors (Lipinski definition) is 0. The van der Waals surface area contributed by atoms with Crippen LogP contribution < -0.4 is 0 Å². The van der Waals surface area contributed by atoms with Crippen LogP contribution in [0.3, 0.4) is 0 Å². The number of fused-ring (bicyclic) bond motifs is 4. The van der Waals surface area contributed by atoms with Crippen molar-refractivity contribution in [3.63, 3.8) is 0 Å². The first kappa shape index (κ1) is 19.1. The number of hydrogen-bond acceptors (Lipinski definition) is 3. The Morgan fingerprint density at radius 2 is 1.89 bits per heavy atom. The fourth-order valence-corrected chi connectivity index (χ4v) is 7.64. The molecule has 1 aliphatic heterocycles. The third-order valence-electron chi connectivity index (χ3n) is 8.63. The van der Waals surface area contributed by atoms with E-state index < -0.39 is 10.0 Å². The molecule has 0 aromatic heterocycles. The first-order chi connectivity index (χ1) is 13.4. The van der Waals surface area contributed by atoms with Crippen LogP contribution in [0, 0.1) is 17.8 Å². The quantitative estimate of drug-likeness (QED) is 0.769. The lowest BCUT2D eigenvalue weighted by atomic mass is 9.73. The number of likely N-dealkylation sites (tertiary alicyclic amines) is 1. The van der Waals surface area contributed by atoms with Gasteiger partial charge in [0.2, 0.25) is 10.0 Å². The molecular weight excluding hydrogens is 368 g/mol. The van der Waals surface area contributed by atoms with E-state index in [1.807, 2.05) is 0 Å². The van der Waals surface area contributed by atoms with Crippen molar-refractivity contribution in [1.29, 1.82) is 0 Å². The number of piperidine rings is 1. The summed E-state index contributed by atoms with van der Waals surface area (Å²) in [6.45, 7) is 3.63. The molecule has 1 saturated heterocycles. The molecule has 2 saturated carbocycles. The lowest BCUT2D eigenvalue weighted by Gasteiger charge is -2.42. The number of nitrogens with zero attached hydrogens (tertiary/aromatic N) is 2. The van der Waals surface area contributed by atoms with E-state index in [0.717, 1.165) is 37.3 Å². The smallest absolute Gasteiger partial charge is 0.211 e. The number of benzene rings is 1. The van der Waals surface area contributed by atoms with Crippen LogP contribution in [0.1, 0.15) is 62.1 Å². The Morgan fingerprint density at radius 1 is 1.14 bits per heavy atom. The fourth-order valence-electron chi connectivity index (χ4n) is 6.98. The summed E-state index contributed by atoms with van der Waals surface area (Å²) in [4.78, 5) is 2.72. The topological polar surface area (TPSA) is 40.6 Å². The molecule has 3 fully saturated rings. The maximum absolute atomic E-state index is 12.2. The Hall–Kier alpha value is -0.910. The maximum atomic E-state index is 12.2. The van der Waals surface area contributed by atoms with Gasteiger partial charge in [-0.15, -0.1) is 0 Å². The molecule has 4 atom stereocenters. The minimum absolute atomic E-state index is 0.0108. The van der Waals surface area contributed by atoms with Crippen molar-refractivity contribution in [1.82, 2.24) is 9.21 Å². The predicted molar refractivity (Wildman–Crippen MR) is 113 cm³/mol. The summed E-state index contributed by atoms with van der Waals surface area (Å²) in [7, 11) is -1.44. The van der Waals surface area contributed by atoms with Gasteiger partial charge in [0.15, 0.2) is 0 Å². The second-order valence-corrected chi connectivity index (χ2v) is 12.1. The monoisotopic (exact) mass is 402 g/mol. The summed E-state index contributed by atoms with van der Waals surface area (Å²) in [6, 6.07) is 8.59. The van der Waals surface area contributed by atoms with Crippen LogP contribution in [0.2, 0.25) is 0 Å². The molecule has 3 aliphatic carbocycles. The van der Waals surface area contributed by atoms with E-state index in [2.05, 4.69) is 29.2 Å². The molecule has 1 aromatic rings. The second-order valence-electron chi connectivity index (χ2n) is 10.1. The molecule has 28 heavy (non-hydrogen) atoms. The summed E-state index contributed by atoms with van der Waals surface area (Å²) >= 11 is 0. The Morgan fingerprint density at radius 3 is 2.54 bits per heavy atom. The largest absolute Gasteiger partial charge is 0.303 e. The van der Waals surface area contributed by atoms with Crippen molar-refractivity contribution >= 4 is 10.0 Å². The average molecular weight is 403 g/mol. The summed E-state index contributed by atoms with van der Waals surface area (Å²) in [5.74, 6) is 2.97. The molecule has 1 heterocycles. The van der Waals surface area contributed by atoms with Crippen molar-refractivity contribution in [2.45, 2.75) is 56.4 Å². The van der Waals surface area contributed by atoms with Gasteiger partial charge in [-0.25, -0.2) is 8.42 Å². The maximum Gasteiger partial charge on any atom is 0.211 e. The summed E-state index contributed by atoms with van der Waals surface area (Å²) < 4.78 is 26.0. The van der Waals surface area contributed by atoms with Crippen LogP contribution in [-0.4, -0.2) is 50.6 Å². The zero-order chi connectivity index (χ0) is 19.5. The summed E-state index contributed by atoms with van der Waals surface area (Å²) in [5, 5.41) is 0. The lowest BCUT2D eigenvalue weighted by Crippen LogP contribution is -2.44. The second kappa shape index (κ2) is 6.82. The highest BCUT2D eigenvalue weighted by molar-refractivity contribution is 7.88. The molecule has 1 spiro atoms. The van der Waals surface area contributed by atoms with E-state index in [4.69, 9.17) is 0 Å². The summed E-state index contributed by atoms with van der Waals surface area (Å²) in [5.41, 5.74) is 2.80. The van der Waals surface area contributed by atoms with E-state index in [9.17, 15) is 8.42 Å². The highest BCUT2D eigenvalue weighted by Gasteiger charge is 2.48. The minimum atomic E-state index is -3.19. The Bertz CT molecular complexity index is 844. The zero-order valence-corrected chi connectivity index (χ0v) is 18.1. The molecule has 0 radical (unpaired) electrons. The van der Waals surface area contributed by atoms with Crippen molar-refractivity contribution in [2.24, 2.45) is 17.8 Å². The third-order valence-corrected chi connectivity index (χ3v) is 9.93. The zero-order valence-electron chi connectivity index (χ0n) is 17.3. The predicted octanol–water partition coefficient (Wildman–Crippen LogP) is 3.79. The minimum Gasteiger partial charge on any atom is -0.303 e. The first-order valence-corrected chi connectivity index (χ1v) is 13.0. The molecule has 5 heteroatoms. The Balaban J connectivity index is 1.31. The van der Waals surface area contributed by atoms with Crippen molar-refractivity contribution in [2.75, 3.05) is 32.9 Å². The van der Waals surface area contributed by atoms with E-state index in [0.29, 0.717) is 0 Å². The van der Waals surface area contributed by atoms with Crippen LogP contribution in [-0.2, 0) is 15.4 Å². The summed E-state index contributed by atoms with van der Waals surface area (Å²) in [6.07, 6.45) is 10.5. The van der Waals surface area contributed by atoms with E-state index in [1.165, 1.54) is 62.5 Å². The van der Waals surface area contributed by atoms with Crippen LogP contribution in [0.25, 0.3) is 0 Å². The molecule has 0 N–H and O–H groups in total. The number of sulfonamides is 1. The van der Waals surface area contributed by atoms with E-state index in [1.54, 1.807) is 11.4 Å². The van der Waals surface area contributed by atoms with Gasteiger partial charge >= 0.3 is 0 Å². The van der Waals surface area contributed by atoms with Crippen molar-refractivity contribution in [3.05, 3.63) is 35.4 Å². The van der Waals surface area contributed by atoms with Gasteiger partial charge in [0.05, 0.1) is 12.3 Å². The van der Waals surface area contributed by atoms with Gasteiger partial charge in [-0.05, 0) is 85.9 Å². The van der Waals surface area contributed by atoms with Gasteiger partial charge in [-0.2, -0.15) is 4.31 Å². The highest BCUT2D eigenvalue weighted by Crippen LogP contribution is 2.53. The standard InChI is InChI=1S/C23H34N2O2S/c1-24(28(2,26)27)22-15-23(21-6-4-3-5-20(21)22)9-11-25(12-10-23)16-19-14-17-7-8-18(19)13-17/h3-6,17-19,22H,7-16H2,1-2H3/t17-,18+,19+,22-/m0/s1. The van der Waals surface area contributed by atoms with Gasteiger partial charge in [0.25, 0.3) is 0 Å². The molecule has 4 aliphatic rings. The lowest BCUT2D eigenvalue weighted by molar-refractivity contribution is 0.116. The van der Waals surface area contributed by atoms with Crippen molar-refractivity contribution in [3.8, 4) is 0 Å². The normalized spacial score (nSPS) is 34.4. The molecule has 2 bridgehead atoms. The van der Waals surface area contributed by atoms with Crippen LogP contribution in [0.15, 0.2) is 24.3 Å². The molecule has 1 aromatic carbocycles. The Labute approximate surface area is 170 Å². The first-order valence-electron chi connectivity index (χ1n) is 11.1. The van der Waals surface area contributed by atoms with E-state index in [-0.39, 0.29) is 11.5 Å². The van der Waals surface area contributed by atoms with Gasteiger partial charge in [0, 0.05) is 13.6 Å². The van der Waals surface area contributed by atoms with Crippen LogP contribution >= 0.6 is 0 Å². The molecular formula is C23H34N2O2S. The highest BCUT2D eigenvalue weighted by atomic mass is 32.2. The van der Waals surface area contributed by atoms with Gasteiger partial charge in [-0.1, -0.05) is 30.7 Å². The Kier molecular flexibility index (Phi) is 4.64.